The third-order valence-electron chi connectivity index (χ3n) is 4.85. The number of nitrogens with one attached hydrogen (secondary N) is 2. The van der Waals surface area contributed by atoms with E-state index in [-0.39, 0.29) is 24.3 Å². The first-order valence-corrected chi connectivity index (χ1v) is 9.81. The largest absolute Gasteiger partial charge is 0.354 e. The van der Waals surface area contributed by atoms with E-state index in [1.165, 1.54) is 4.88 Å². The van der Waals surface area contributed by atoms with Crippen LogP contribution >= 0.6 is 11.3 Å². The van der Waals surface area contributed by atoms with Crippen molar-refractivity contribution in [3.63, 3.8) is 0 Å². The number of piperidine rings is 1. The molecule has 4 N–H and O–H groups in total. The molecule has 2 unspecified atom stereocenters. The minimum Gasteiger partial charge on any atom is -0.354 e. The molecule has 0 aromatic carbocycles. The summed E-state index contributed by atoms with van der Waals surface area (Å²) < 4.78 is 0. The molecule has 2 amide bonds. The van der Waals surface area contributed by atoms with Gasteiger partial charge in [-0.05, 0) is 49.7 Å². The molecule has 0 aliphatic carbocycles. The Morgan fingerprint density at radius 2 is 2.16 bits per heavy atom. The van der Waals surface area contributed by atoms with Crippen LogP contribution in [0, 0.1) is 11.8 Å². The van der Waals surface area contributed by atoms with Gasteiger partial charge in [0.25, 0.3) is 0 Å². The molecular weight excluding hydrogens is 336 g/mol. The molecule has 1 aliphatic rings. The maximum atomic E-state index is 12.1. The fraction of sp³-hybridized carbons (Fsp3) is 0.667. The number of nitrogens with zero attached hydrogens (tertiary/aromatic N) is 1. The van der Waals surface area contributed by atoms with Crippen molar-refractivity contribution in [2.75, 3.05) is 26.7 Å². The lowest BCUT2D eigenvalue weighted by Gasteiger charge is -2.38. The van der Waals surface area contributed by atoms with Crippen LogP contribution < -0.4 is 16.4 Å². The highest BCUT2D eigenvalue weighted by molar-refractivity contribution is 7.10. The van der Waals surface area contributed by atoms with Crippen LogP contribution in [0.3, 0.4) is 0 Å². The standard InChI is InChI=1S/C18H30N4O2S/c1-12(2)16(19)18(24)21-11-15(23)20-10-13-6-4-8-22(3)17(13)14-7-5-9-25-14/h5,7,9,12-13,16-17H,4,6,8,10-11,19H2,1-3H3,(H,20,23)(H,21,24)/t13?,16-,17?/m0/s1. The van der Waals surface area contributed by atoms with Gasteiger partial charge < -0.3 is 16.4 Å². The van der Waals surface area contributed by atoms with E-state index in [4.69, 9.17) is 5.73 Å². The fourth-order valence-electron chi connectivity index (χ4n) is 3.28. The molecule has 25 heavy (non-hydrogen) atoms. The topological polar surface area (TPSA) is 87.5 Å². The third-order valence-corrected chi connectivity index (χ3v) is 5.79. The van der Waals surface area contributed by atoms with Gasteiger partial charge in [-0.25, -0.2) is 0 Å². The second kappa shape index (κ2) is 9.31. The molecule has 3 atom stereocenters. The second-order valence-corrected chi connectivity index (χ2v) is 8.11. The summed E-state index contributed by atoms with van der Waals surface area (Å²) in [7, 11) is 2.14. The van der Waals surface area contributed by atoms with E-state index < -0.39 is 6.04 Å². The molecule has 0 spiro atoms. The Morgan fingerprint density at radius 3 is 2.80 bits per heavy atom. The summed E-state index contributed by atoms with van der Waals surface area (Å²) in [6, 6.07) is 4.01. The summed E-state index contributed by atoms with van der Waals surface area (Å²) in [5, 5.41) is 7.68. The average molecular weight is 367 g/mol. The number of carbonyl (C=O) groups is 2. The maximum absolute atomic E-state index is 12.1. The van der Waals surface area contributed by atoms with E-state index in [2.05, 4.69) is 40.1 Å². The summed E-state index contributed by atoms with van der Waals surface area (Å²) in [5.41, 5.74) is 5.78. The zero-order valence-corrected chi connectivity index (χ0v) is 16.1. The highest BCUT2D eigenvalue weighted by atomic mass is 32.1. The maximum Gasteiger partial charge on any atom is 0.239 e. The van der Waals surface area contributed by atoms with E-state index in [1.54, 1.807) is 11.3 Å². The molecule has 1 saturated heterocycles. The van der Waals surface area contributed by atoms with Crippen LogP contribution in [-0.2, 0) is 9.59 Å². The molecule has 0 saturated carbocycles. The Morgan fingerprint density at radius 1 is 1.40 bits per heavy atom. The van der Waals surface area contributed by atoms with Crippen molar-refractivity contribution in [3.05, 3.63) is 22.4 Å². The zero-order chi connectivity index (χ0) is 18.4. The lowest BCUT2D eigenvalue weighted by molar-refractivity contribution is -0.127. The zero-order valence-electron chi connectivity index (χ0n) is 15.3. The Kier molecular flexibility index (Phi) is 7.40. The first kappa shape index (κ1) is 19.9. The summed E-state index contributed by atoms with van der Waals surface area (Å²) in [4.78, 5) is 27.6. The molecule has 0 radical (unpaired) electrons. The van der Waals surface area contributed by atoms with Crippen LogP contribution in [0.15, 0.2) is 17.5 Å². The van der Waals surface area contributed by atoms with Crippen molar-refractivity contribution in [2.24, 2.45) is 17.6 Å². The Balaban J connectivity index is 1.82. The van der Waals surface area contributed by atoms with Gasteiger partial charge in [-0.15, -0.1) is 11.3 Å². The highest BCUT2D eigenvalue weighted by Crippen LogP contribution is 2.36. The van der Waals surface area contributed by atoms with Gasteiger partial charge in [0.1, 0.15) is 0 Å². The lowest BCUT2D eigenvalue weighted by Crippen LogP contribution is -2.48. The van der Waals surface area contributed by atoms with Crippen LogP contribution in [-0.4, -0.2) is 49.4 Å². The molecule has 2 heterocycles. The number of hydrogen-bond donors (Lipinski definition) is 3. The minimum absolute atomic E-state index is 0.0223. The smallest absolute Gasteiger partial charge is 0.239 e. The first-order valence-electron chi connectivity index (χ1n) is 8.93. The molecular formula is C18H30N4O2S. The Labute approximate surface area is 154 Å². The number of hydrogen-bond acceptors (Lipinski definition) is 5. The monoisotopic (exact) mass is 366 g/mol. The van der Waals surface area contributed by atoms with Crippen molar-refractivity contribution in [3.8, 4) is 0 Å². The number of amides is 2. The first-order chi connectivity index (χ1) is 11.9. The molecule has 140 valence electrons. The van der Waals surface area contributed by atoms with Crippen LogP contribution in [0.5, 0.6) is 0 Å². The van der Waals surface area contributed by atoms with E-state index in [9.17, 15) is 9.59 Å². The van der Waals surface area contributed by atoms with Gasteiger partial charge in [0.2, 0.25) is 11.8 Å². The third kappa shape index (κ3) is 5.52. The summed E-state index contributed by atoms with van der Waals surface area (Å²) in [5.74, 6) is -0.0103. The number of carbonyl (C=O) groups excluding carboxylic acids is 2. The Bertz CT molecular complexity index is 561. The van der Waals surface area contributed by atoms with Gasteiger partial charge in [0.05, 0.1) is 12.6 Å². The average Bonchev–Trinajstić information content (AvgIpc) is 3.11. The van der Waals surface area contributed by atoms with Crippen LogP contribution in [0.4, 0.5) is 0 Å². The van der Waals surface area contributed by atoms with Crippen molar-refractivity contribution in [1.82, 2.24) is 15.5 Å². The van der Waals surface area contributed by atoms with E-state index in [0.29, 0.717) is 18.5 Å². The number of rotatable bonds is 7. The second-order valence-electron chi connectivity index (χ2n) is 7.13. The molecule has 6 nitrogen and oxygen atoms in total. The van der Waals surface area contributed by atoms with Crippen molar-refractivity contribution < 1.29 is 9.59 Å². The number of nitrogens with two attached hydrogens (primary N) is 1. The van der Waals surface area contributed by atoms with Crippen LogP contribution in [0.2, 0.25) is 0 Å². The summed E-state index contributed by atoms with van der Waals surface area (Å²) >= 11 is 1.77. The molecule has 1 aromatic heterocycles. The molecule has 0 bridgehead atoms. The fourth-order valence-corrected chi connectivity index (χ4v) is 4.26. The minimum atomic E-state index is -0.581. The van der Waals surface area contributed by atoms with Crippen LogP contribution in [0.25, 0.3) is 0 Å². The number of thiophene rings is 1. The summed E-state index contributed by atoms with van der Waals surface area (Å²) in [6.07, 6.45) is 2.23. The molecule has 7 heteroatoms. The predicted octanol–water partition coefficient (Wildman–Crippen LogP) is 1.35. The van der Waals surface area contributed by atoms with Gasteiger partial charge in [-0.2, -0.15) is 0 Å². The quantitative estimate of drug-likeness (QED) is 0.680. The van der Waals surface area contributed by atoms with Gasteiger partial charge in [0.15, 0.2) is 0 Å². The Hall–Kier alpha value is -1.44. The van der Waals surface area contributed by atoms with Gasteiger partial charge in [-0.3, -0.25) is 14.5 Å². The van der Waals surface area contributed by atoms with Gasteiger partial charge >= 0.3 is 0 Å². The highest BCUT2D eigenvalue weighted by Gasteiger charge is 2.31. The normalized spacial score (nSPS) is 22.6. The summed E-state index contributed by atoms with van der Waals surface area (Å²) in [6.45, 7) is 5.45. The van der Waals surface area contributed by atoms with E-state index in [1.807, 2.05) is 13.8 Å². The van der Waals surface area contributed by atoms with Crippen molar-refractivity contribution in [1.29, 1.82) is 0 Å². The SMILES string of the molecule is CC(C)[C@H](N)C(=O)NCC(=O)NCC1CCCN(C)C1c1cccs1. The lowest BCUT2D eigenvalue weighted by atomic mass is 9.88. The van der Waals surface area contributed by atoms with Gasteiger partial charge in [0, 0.05) is 17.5 Å². The number of likely N-dealkylation sites (tertiary alicyclic amines) is 1. The van der Waals surface area contributed by atoms with Crippen LogP contribution in [0.1, 0.15) is 37.6 Å². The van der Waals surface area contributed by atoms with E-state index in [0.717, 1.165) is 19.4 Å². The van der Waals surface area contributed by atoms with Crippen molar-refractivity contribution >= 4 is 23.2 Å². The van der Waals surface area contributed by atoms with E-state index >= 15 is 0 Å². The van der Waals surface area contributed by atoms with Crippen molar-refractivity contribution in [2.45, 2.75) is 38.8 Å². The molecule has 1 aromatic rings. The molecule has 2 rings (SSSR count). The predicted molar refractivity (Wildman–Crippen MR) is 101 cm³/mol. The molecule has 1 fully saturated rings. The van der Waals surface area contributed by atoms with Gasteiger partial charge in [-0.1, -0.05) is 19.9 Å². The molecule has 1 aliphatic heterocycles.